The summed E-state index contributed by atoms with van der Waals surface area (Å²) in [5.74, 6) is -0.927. The fraction of sp³-hybridized carbons (Fsp3) is 0.889. The molecule has 0 radical (unpaired) electrons. The van der Waals surface area contributed by atoms with Crippen molar-refractivity contribution in [2.75, 3.05) is 39.8 Å². The highest BCUT2D eigenvalue weighted by Crippen LogP contribution is 2.05. The van der Waals surface area contributed by atoms with Gasteiger partial charge in [0.25, 0.3) is 0 Å². The van der Waals surface area contributed by atoms with E-state index in [0.717, 1.165) is 32.6 Å². The zero-order chi connectivity index (χ0) is 10.6. The average Bonchev–Trinajstić information content (AvgIpc) is 2.31. The van der Waals surface area contributed by atoms with Crippen LogP contribution in [0.5, 0.6) is 0 Å². The van der Waals surface area contributed by atoms with Gasteiger partial charge in [-0.2, -0.15) is 0 Å². The maximum atomic E-state index is 10.6. The van der Waals surface area contributed by atoms with Crippen LogP contribution in [0.3, 0.4) is 0 Å². The van der Waals surface area contributed by atoms with Gasteiger partial charge in [0.2, 0.25) is 0 Å². The Kier molecular flexibility index (Phi) is 4.65. The van der Waals surface area contributed by atoms with Crippen molar-refractivity contribution in [3.05, 3.63) is 0 Å². The van der Waals surface area contributed by atoms with Crippen LogP contribution in [0.25, 0.3) is 0 Å². The monoisotopic (exact) mass is 220 g/mol. The van der Waals surface area contributed by atoms with Gasteiger partial charge < -0.3 is 10.0 Å². The van der Waals surface area contributed by atoms with Crippen molar-refractivity contribution in [1.29, 1.82) is 0 Å². The van der Waals surface area contributed by atoms with Crippen molar-refractivity contribution in [3.8, 4) is 0 Å². The van der Waals surface area contributed by atoms with Gasteiger partial charge in [0.15, 0.2) is 0 Å². The molecule has 0 bridgehead atoms. The van der Waals surface area contributed by atoms with Crippen LogP contribution < -0.4 is 0 Å². The predicted molar refractivity (Wildman–Crippen MR) is 55.8 cm³/mol. The van der Waals surface area contributed by atoms with Crippen LogP contribution in [-0.2, 0) is 4.79 Å². The van der Waals surface area contributed by atoms with Crippen LogP contribution in [0.2, 0.25) is 0 Å². The zero-order valence-corrected chi connectivity index (χ0v) is 9.20. The molecule has 0 aromatic carbocycles. The van der Waals surface area contributed by atoms with E-state index >= 15 is 0 Å². The standard InChI is InChI=1S/C9H17ClN2O2/c1-11-3-2-4-12(6-5-11)7-8(10)9(13)14/h8H,2-7H2,1H3,(H,13,14). The Morgan fingerprint density at radius 2 is 2.14 bits per heavy atom. The number of halogens is 1. The predicted octanol–water partition coefficient (Wildman–Crippen LogP) is 0.316. The highest BCUT2D eigenvalue weighted by molar-refractivity contribution is 6.29. The molecule has 1 heterocycles. The number of hydrogen-bond donors (Lipinski definition) is 1. The molecule has 0 saturated carbocycles. The summed E-state index contributed by atoms with van der Waals surface area (Å²) >= 11 is 5.68. The first-order valence-corrected chi connectivity index (χ1v) is 5.31. The van der Waals surface area contributed by atoms with Gasteiger partial charge in [-0.25, -0.2) is 0 Å². The van der Waals surface area contributed by atoms with E-state index in [2.05, 4.69) is 16.8 Å². The number of nitrogens with zero attached hydrogens (tertiary/aromatic N) is 2. The lowest BCUT2D eigenvalue weighted by molar-refractivity contribution is -0.136. The number of likely N-dealkylation sites (N-methyl/N-ethyl adjacent to an activating group) is 1. The van der Waals surface area contributed by atoms with Gasteiger partial charge in [0, 0.05) is 19.6 Å². The third kappa shape index (κ3) is 3.82. The molecule has 1 saturated heterocycles. The Balaban J connectivity index is 2.33. The molecule has 1 rings (SSSR count). The lowest BCUT2D eigenvalue weighted by atomic mass is 10.3. The van der Waals surface area contributed by atoms with Gasteiger partial charge in [-0.15, -0.1) is 11.6 Å². The van der Waals surface area contributed by atoms with Crippen molar-refractivity contribution in [2.45, 2.75) is 11.8 Å². The van der Waals surface area contributed by atoms with Crippen molar-refractivity contribution in [3.63, 3.8) is 0 Å². The molecule has 14 heavy (non-hydrogen) atoms. The minimum Gasteiger partial charge on any atom is -0.480 e. The Hall–Kier alpha value is -0.320. The summed E-state index contributed by atoms with van der Waals surface area (Å²) in [5.41, 5.74) is 0. The van der Waals surface area contributed by atoms with Crippen LogP contribution in [0.4, 0.5) is 0 Å². The molecule has 0 aromatic rings. The van der Waals surface area contributed by atoms with Crippen molar-refractivity contribution in [2.24, 2.45) is 0 Å². The van der Waals surface area contributed by atoms with Crippen LogP contribution >= 0.6 is 11.6 Å². The molecular weight excluding hydrogens is 204 g/mol. The molecule has 0 spiro atoms. The normalized spacial score (nSPS) is 23.0. The highest BCUT2D eigenvalue weighted by atomic mass is 35.5. The first kappa shape index (κ1) is 11.8. The van der Waals surface area contributed by atoms with Gasteiger partial charge in [0.05, 0.1) is 0 Å². The average molecular weight is 221 g/mol. The quantitative estimate of drug-likeness (QED) is 0.696. The molecule has 5 heteroatoms. The van der Waals surface area contributed by atoms with Crippen molar-refractivity contribution >= 4 is 17.6 Å². The second-order valence-electron chi connectivity index (χ2n) is 3.76. The molecule has 1 atom stereocenters. The minimum absolute atomic E-state index is 0.449. The molecule has 1 fully saturated rings. The SMILES string of the molecule is CN1CCCN(CC(Cl)C(=O)O)CC1. The molecule has 1 aliphatic rings. The Morgan fingerprint density at radius 1 is 1.43 bits per heavy atom. The van der Waals surface area contributed by atoms with Gasteiger partial charge in [-0.05, 0) is 26.6 Å². The van der Waals surface area contributed by atoms with E-state index in [1.165, 1.54) is 0 Å². The molecule has 1 N–H and O–H groups in total. The van der Waals surface area contributed by atoms with E-state index in [-0.39, 0.29) is 0 Å². The second-order valence-corrected chi connectivity index (χ2v) is 4.29. The van der Waals surface area contributed by atoms with Crippen LogP contribution in [0, 0.1) is 0 Å². The van der Waals surface area contributed by atoms with Crippen LogP contribution in [0.1, 0.15) is 6.42 Å². The Morgan fingerprint density at radius 3 is 2.79 bits per heavy atom. The van der Waals surface area contributed by atoms with Crippen LogP contribution in [0.15, 0.2) is 0 Å². The summed E-state index contributed by atoms with van der Waals surface area (Å²) in [5, 5.41) is 7.89. The van der Waals surface area contributed by atoms with E-state index in [9.17, 15) is 4.79 Å². The molecule has 82 valence electrons. The summed E-state index contributed by atoms with van der Waals surface area (Å²) in [6, 6.07) is 0. The molecule has 0 aromatic heterocycles. The van der Waals surface area contributed by atoms with E-state index in [0.29, 0.717) is 6.54 Å². The molecular formula is C9H17ClN2O2. The molecule has 4 nitrogen and oxygen atoms in total. The third-order valence-corrected chi connectivity index (χ3v) is 2.82. The summed E-state index contributed by atoms with van der Waals surface area (Å²) in [7, 11) is 2.08. The molecule has 1 aliphatic heterocycles. The van der Waals surface area contributed by atoms with E-state index in [1.807, 2.05) is 0 Å². The lowest BCUT2D eigenvalue weighted by Gasteiger charge is -2.20. The highest BCUT2D eigenvalue weighted by Gasteiger charge is 2.19. The van der Waals surface area contributed by atoms with E-state index < -0.39 is 11.3 Å². The Labute approximate surface area is 89.4 Å². The van der Waals surface area contributed by atoms with Gasteiger partial charge >= 0.3 is 5.97 Å². The number of carboxylic acid groups (broad SMARTS) is 1. The van der Waals surface area contributed by atoms with Gasteiger partial charge in [-0.3, -0.25) is 9.69 Å². The lowest BCUT2D eigenvalue weighted by Crippen LogP contribution is -2.36. The smallest absolute Gasteiger partial charge is 0.322 e. The molecule has 0 aliphatic carbocycles. The molecule has 0 amide bonds. The fourth-order valence-corrected chi connectivity index (χ4v) is 1.78. The Bertz CT molecular complexity index is 201. The number of carboxylic acids is 1. The third-order valence-electron chi connectivity index (χ3n) is 2.50. The first-order chi connectivity index (χ1) is 6.59. The summed E-state index contributed by atoms with van der Waals surface area (Å²) < 4.78 is 0. The number of rotatable bonds is 3. The topological polar surface area (TPSA) is 43.8 Å². The second kappa shape index (κ2) is 5.53. The molecule has 1 unspecified atom stereocenters. The maximum Gasteiger partial charge on any atom is 0.322 e. The fourth-order valence-electron chi connectivity index (χ4n) is 1.59. The van der Waals surface area contributed by atoms with E-state index in [1.54, 1.807) is 0 Å². The van der Waals surface area contributed by atoms with Crippen LogP contribution in [-0.4, -0.2) is 66.0 Å². The summed E-state index contributed by atoms with van der Waals surface area (Å²) in [6.07, 6.45) is 1.08. The van der Waals surface area contributed by atoms with E-state index in [4.69, 9.17) is 16.7 Å². The number of alkyl halides is 1. The van der Waals surface area contributed by atoms with Gasteiger partial charge in [-0.1, -0.05) is 0 Å². The van der Waals surface area contributed by atoms with Gasteiger partial charge in [0.1, 0.15) is 5.38 Å². The van der Waals surface area contributed by atoms with Crippen molar-refractivity contribution < 1.29 is 9.90 Å². The maximum absolute atomic E-state index is 10.6. The number of aliphatic carboxylic acids is 1. The number of carbonyl (C=O) groups is 1. The first-order valence-electron chi connectivity index (χ1n) is 4.87. The summed E-state index contributed by atoms with van der Waals surface area (Å²) in [6.45, 7) is 4.37. The van der Waals surface area contributed by atoms with Crippen molar-refractivity contribution in [1.82, 2.24) is 9.80 Å². The summed E-state index contributed by atoms with van der Waals surface area (Å²) in [4.78, 5) is 14.9. The largest absolute Gasteiger partial charge is 0.480 e. The minimum atomic E-state index is -0.927. The number of hydrogen-bond acceptors (Lipinski definition) is 3. The zero-order valence-electron chi connectivity index (χ0n) is 8.45.